The van der Waals surface area contributed by atoms with Gasteiger partial charge in [0.2, 0.25) is 0 Å². The first-order chi connectivity index (χ1) is 10.1. The summed E-state index contributed by atoms with van der Waals surface area (Å²) in [5.74, 6) is -0.453. The minimum Gasteiger partial charge on any atom is -0.378 e. The maximum absolute atomic E-state index is 11.9. The molecule has 1 heterocycles. The maximum atomic E-state index is 11.9. The number of nitrogens with one attached hydrogen (secondary N) is 1. The monoisotopic (exact) mass is 304 g/mol. The van der Waals surface area contributed by atoms with Gasteiger partial charge in [-0.3, -0.25) is 9.78 Å². The topological polar surface area (TPSA) is 62.2 Å². The molecule has 4 nitrogen and oxygen atoms in total. The summed E-state index contributed by atoms with van der Waals surface area (Å²) in [5.41, 5.74) is 2.72. The Labute approximate surface area is 128 Å². The quantitative estimate of drug-likeness (QED) is 0.892. The van der Waals surface area contributed by atoms with Crippen LogP contribution in [0.2, 0.25) is 5.02 Å². The molecule has 0 aliphatic carbocycles. The Morgan fingerprint density at radius 3 is 2.71 bits per heavy atom. The highest BCUT2D eigenvalue weighted by atomic mass is 35.5. The molecule has 0 saturated carbocycles. The van der Waals surface area contributed by atoms with Crippen LogP contribution in [0.1, 0.15) is 22.8 Å². The number of aliphatic hydroxyl groups is 1. The van der Waals surface area contributed by atoms with E-state index in [0.717, 1.165) is 5.56 Å². The average molecular weight is 305 g/mol. The molecule has 0 aliphatic rings. The van der Waals surface area contributed by atoms with Crippen LogP contribution in [0.25, 0.3) is 0 Å². The second kappa shape index (κ2) is 7.20. The van der Waals surface area contributed by atoms with Gasteiger partial charge in [0.1, 0.15) is 0 Å². The minimum absolute atomic E-state index is 0.385. The fourth-order valence-electron chi connectivity index (χ4n) is 1.91. The van der Waals surface area contributed by atoms with E-state index in [4.69, 9.17) is 11.6 Å². The van der Waals surface area contributed by atoms with Gasteiger partial charge in [0.15, 0.2) is 6.10 Å². The van der Waals surface area contributed by atoms with Crippen LogP contribution in [0.5, 0.6) is 0 Å². The molecule has 2 rings (SSSR count). The van der Waals surface area contributed by atoms with Crippen molar-refractivity contribution in [3.63, 3.8) is 0 Å². The van der Waals surface area contributed by atoms with Crippen LogP contribution in [-0.2, 0) is 11.2 Å². The lowest BCUT2D eigenvalue weighted by Crippen LogP contribution is -2.31. The van der Waals surface area contributed by atoms with Gasteiger partial charge in [-0.2, -0.15) is 0 Å². The number of carbonyl (C=O) groups excluding carboxylic acids is 1. The largest absolute Gasteiger partial charge is 0.378 e. The Morgan fingerprint density at radius 2 is 2.05 bits per heavy atom. The molecular formula is C16H17ClN2O2. The zero-order valence-electron chi connectivity index (χ0n) is 11.7. The fraction of sp³-hybridized carbons (Fsp3) is 0.250. The van der Waals surface area contributed by atoms with Gasteiger partial charge < -0.3 is 10.4 Å². The Balaban J connectivity index is 1.85. The highest BCUT2D eigenvalue weighted by Crippen LogP contribution is 2.16. The van der Waals surface area contributed by atoms with Crippen molar-refractivity contribution in [3.8, 4) is 0 Å². The van der Waals surface area contributed by atoms with Crippen molar-refractivity contribution in [2.75, 3.05) is 6.54 Å². The molecule has 2 N–H and O–H groups in total. The molecule has 0 saturated heterocycles. The summed E-state index contributed by atoms with van der Waals surface area (Å²) in [6, 6.07) is 9.64. The number of benzene rings is 1. The summed E-state index contributed by atoms with van der Waals surface area (Å²) < 4.78 is 0. The summed E-state index contributed by atoms with van der Waals surface area (Å²) in [4.78, 5) is 15.7. The third-order valence-electron chi connectivity index (χ3n) is 3.12. The number of carbonyl (C=O) groups is 1. The van der Waals surface area contributed by atoms with Gasteiger partial charge in [-0.15, -0.1) is 0 Å². The molecule has 0 bridgehead atoms. The van der Waals surface area contributed by atoms with Gasteiger partial charge in [-0.1, -0.05) is 41.4 Å². The van der Waals surface area contributed by atoms with Gasteiger partial charge in [-0.05, 0) is 25.0 Å². The number of hydrogen-bond donors (Lipinski definition) is 2. The average Bonchev–Trinajstić information content (AvgIpc) is 2.48. The lowest BCUT2D eigenvalue weighted by Gasteiger charge is -2.11. The van der Waals surface area contributed by atoms with Crippen LogP contribution in [-0.4, -0.2) is 22.5 Å². The maximum Gasteiger partial charge on any atom is 0.253 e. The van der Waals surface area contributed by atoms with E-state index in [1.54, 1.807) is 0 Å². The summed E-state index contributed by atoms with van der Waals surface area (Å²) >= 11 is 5.79. The van der Waals surface area contributed by atoms with E-state index in [9.17, 15) is 9.90 Å². The number of hydrogen-bond acceptors (Lipinski definition) is 3. The fourth-order valence-corrected chi connectivity index (χ4v) is 2.09. The Kier molecular flexibility index (Phi) is 5.31. The van der Waals surface area contributed by atoms with E-state index in [1.165, 1.54) is 24.0 Å². The number of amides is 1. The van der Waals surface area contributed by atoms with Crippen molar-refractivity contribution in [2.45, 2.75) is 19.4 Å². The number of pyridine rings is 1. The molecule has 1 unspecified atom stereocenters. The molecule has 1 atom stereocenters. The van der Waals surface area contributed by atoms with E-state index in [1.807, 2.05) is 31.2 Å². The second-order valence-electron chi connectivity index (χ2n) is 4.87. The third kappa shape index (κ3) is 4.55. The number of aromatic nitrogens is 1. The Morgan fingerprint density at radius 1 is 1.33 bits per heavy atom. The highest BCUT2D eigenvalue weighted by Gasteiger charge is 2.17. The first-order valence-corrected chi connectivity index (χ1v) is 7.06. The molecule has 110 valence electrons. The number of halogens is 1. The van der Waals surface area contributed by atoms with Crippen molar-refractivity contribution in [2.24, 2.45) is 0 Å². The number of nitrogens with zero attached hydrogens (tertiary/aromatic N) is 1. The predicted octanol–water partition coefficient (Wildman–Crippen LogP) is 2.44. The van der Waals surface area contributed by atoms with E-state index in [2.05, 4.69) is 10.3 Å². The van der Waals surface area contributed by atoms with E-state index >= 15 is 0 Å². The van der Waals surface area contributed by atoms with Crippen LogP contribution in [0.3, 0.4) is 0 Å². The molecular weight excluding hydrogens is 288 g/mol. The van der Waals surface area contributed by atoms with E-state index in [-0.39, 0.29) is 0 Å². The highest BCUT2D eigenvalue weighted by molar-refractivity contribution is 6.30. The molecule has 0 radical (unpaired) electrons. The van der Waals surface area contributed by atoms with Crippen molar-refractivity contribution in [1.82, 2.24) is 10.3 Å². The van der Waals surface area contributed by atoms with Gasteiger partial charge >= 0.3 is 0 Å². The normalized spacial score (nSPS) is 12.0. The molecule has 2 aromatic rings. The molecule has 0 fully saturated rings. The third-order valence-corrected chi connectivity index (χ3v) is 3.33. The van der Waals surface area contributed by atoms with Crippen LogP contribution in [0.15, 0.2) is 42.7 Å². The first kappa shape index (κ1) is 15.5. The standard InChI is InChI=1S/C16H17ClN2O2/c1-11-2-4-12(5-3-11)6-7-19-16(21)15(20)13-8-14(17)10-18-9-13/h2-5,8-10,15,20H,6-7H2,1H3,(H,19,21). The zero-order chi connectivity index (χ0) is 15.2. The van der Waals surface area contributed by atoms with Crippen LogP contribution in [0.4, 0.5) is 0 Å². The summed E-state index contributed by atoms with van der Waals surface area (Å²) in [5, 5.41) is 13.0. The number of rotatable bonds is 5. The first-order valence-electron chi connectivity index (χ1n) is 6.68. The lowest BCUT2D eigenvalue weighted by atomic mass is 10.1. The molecule has 21 heavy (non-hydrogen) atoms. The SMILES string of the molecule is Cc1ccc(CCNC(=O)C(O)c2cncc(Cl)c2)cc1. The van der Waals surface area contributed by atoms with Crippen LogP contribution < -0.4 is 5.32 Å². The molecule has 5 heteroatoms. The van der Waals surface area contributed by atoms with E-state index in [0.29, 0.717) is 23.6 Å². The predicted molar refractivity (Wildman–Crippen MR) is 82.1 cm³/mol. The second-order valence-corrected chi connectivity index (χ2v) is 5.30. The van der Waals surface area contributed by atoms with Gasteiger partial charge in [0.25, 0.3) is 5.91 Å². The molecule has 0 spiro atoms. The number of aliphatic hydroxyl groups excluding tert-OH is 1. The van der Waals surface area contributed by atoms with Gasteiger partial charge in [0.05, 0.1) is 5.02 Å². The van der Waals surface area contributed by atoms with Gasteiger partial charge in [-0.25, -0.2) is 0 Å². The van der Waals surface area contributed by atoms with Crippen molar-refractivity contribution in [3.05, 3.63) is 64.4 Å². The minimum atomic E-state index is -1.26. The van der Waals surface area contributed by atoms with Gasteiger partial charge in [0, 0.05) is 24.5 Å². The molecule has 1 amide bonds. The van der Waals surface area contributed by atoms with Crippen molar-refractivity contribution in [1.29, 1.82) is 0 Å². The Bertz CT molecular complexity index is 614. The van der Waals surface area contributed by atoms with Crippen molar-refractivity contribution < 1.29 is 9.90 Å². The summed E-state index contributed by atoms with van der Waals surface area (Å²) in [6.07, 6.45) is 2.34. The summed E-state index contributed by atoms with van der Waals surface area (Å²) in [7, 11) is 0. The molecule has 0 aliphatic heterocycles. The number of aryl methyl sites for hydroxylation is 1. The van der Waals surface area contributed by atoms with Crippen LogP contribution >= 0.6 is 11.6 Å². The Hall–Kier alpha value is -1.91. The van der Waals surface area contributed by atoms with E-state index < -0.39 is 12.0 Å². The molecule has 1 aromatic carbocycles. The smallest absolute Gasteiger partial charge is 0.253 e. The lowest BCUT2D eigenvalue weighted by molar-refractivity contribution is -0.129. The molecule has 1 aromatic heterocycles. The van der Waals surface area contributed by atoms with Crippen molar-refractivity contribution >= 4 is 17.5 Å². The summed E-state index contributed by atoms with van der Waals surface area (Å²) in [6.45, 7) is 2.49. The van der Waals surface area contributed by atoms with Crippen LogP contribution in [0, 0.1) is 6.92 Å². The zero-order valence-corrected chi connectivity index (χ0v) is 12.5.